The fraction of sp³-hybridized carbons (Fsp3) is 0.0909. The molecule has 6 heteroatoms. The van der Waals surface area contributed by atoms with Crippen LogP contribution in [0.4, 0.5) is 11.5 Å². The maximum atomic E-state index is 5.90. The van der Waals surface area contributed by atoms with E-state index in [1.54, 1.807) is 13.3 Å². The summed E-state index contributed by atoms with van der Waals surface area (Å²) < 4.78 is 6.00. The Kier molecular flexibility index (Phi) is 3.81. The Hall–Kier alpha value is -1.33. The molecule has 0 fully saturated rings. The molecule has 0 saturated carbocycles. The SMILES string of the molecule is COc1ccc(Nc2nccnc2Cl)cc1Br. The summed E-state index contributed by atoms with van der Waals surface area (Å²) in [6, 6.07) is 5.59. The molecule has 0 aliphatic rings. The average molecular weight is 315 g/mol. The average Bonchev–Trinajstić information content (AvgIpc) is 2.32. The molecule has 0 spiro atoms. The number of anilines is 2. The van der Waals surface area contributed by atoms with Crippen molar-refractivity contribution >= 4 is 39.0 Å². The first-order valence-electron chi connectivity index (χ1n) is 4.78. The summed E-state index contributed by atoms with van der Waals surface area (Å²) in [6.45, 7) is 0. The summed E-state index contributed by atoms with van der Waals surface area (Å²) >= 11 is 9.31. The summed E-state index contributed by atoms with van der Waals surface area (Å²) in [4.78, 5) is 8.03. The van der Waals surface area contributed by atoms with E-state index < -0.39 is 0 Å². The predicted octanol–water partition coefficient (Wildman–Crippen LogP) is 3.64. The number of hydrogen-bond acceptors (Lipinski definition) is 4. The van der Waals surface area contributed by atoms with Gasteiger partial charge in [0.25, 0.3) is 0 Å². The molecular formula is C11H9BrClN3O. The zero-order valence-corrected chi connectivity index (χ0v) is 11.3. The number of benzene rings is 1. The maximum absolute atomic E-state index is 5.90. The molecule has 0 aliphatic heterocycles. The number of methoxy groups -OCH3 is 1. The van der Waals surface area contributed by atoms with E-state index in [1.807, 2.05) is 18.2 Å². The fourth-order valence-corrected chi connectivity index (χ4v) is 1.98. The lowest BCUT2D eigenvalue weighted by atomic mass is 10.3. The van der Waals surface area contributed by atoms with Gasteiger partial charge in [0.1, 0.15) is 5.75 Å². The number of aromatic nitrogens is 2. The minimum Gasteiger partial charge on any atom is -0.496 e. The van der Waals surface area contributed by atoms with E-state index in [-0.39, 0.29) is 0 Å². The molecule has 2 aromatic rings. The molecule has 0 atom stereocenters. The van der Waals surface area contributed by atoms with Gasteiger partial charge in [0.05, 0.1) is 11.6 Å². The summed E-state index contributed by atoms with van der Waals surface area (Å²) in [5, 5.41) is 3.41. The molecule has 0 unspecified atom stereocenters. The second-order valence-electron chi connectivity index (χ2n) is 3.17. The molecule has 0 bridgehead atoms. The Balaban J connectivity index is 2.25. The van der Waals surface area contributed by atoms with Crippen molar-refractivity contribution in [1.82, 2.24) is 9.97 Å². The van der Waals surface area contributed by atoms with E-state index in [0.717, 1.165) is 15.9 Å². The van der Waals surface area contributed by atoms with Gasteiger partial charge in [-0.3, -0.25) is 0 Å². The van der Waals surface area contributed by atoms with Crippen LogP contribution in [-0.2, 0) is 0 Å². The molecule has 17 heavy (non-hydrogen) atoms. The highest BCUT2D eigenvalue weighted by Gasteiger charge is 2.05. The van der Waals surface area contributed by atoms with Crippen molar-refractivity contribution in [3.05, 3.63) is 40.2 Å². The standard InChI is InChI=1S/C11H9BrClN3O/c1-17-9-3-2-7(6-8(9)12)16-11-10(13)14-4-5-15-11/h2-6H,1H3,(H,15,16). The predicted molar refractivity (Wildman–Crippen MR) is 71.0 cm³/mol. The van der Waals surface area contributed by atoms with E-state index in [9.17, 15) is 0 Å². The Morgan fingerprint density at radius 1 is 1.29 bits per heavy atom. The van der Waals surface area contributed by atoms with Gasteiger partial charge in [-0.2, -0.15) is 0 Å². The Morgan fingerprint density at radius 2 is 2.06 bits per heavy atom. The Labute approximate surface area is 112 Å². The van der Waals surface area contributed by atoms with Gasteiger partial charge in [0.15, 0.2) is 11.0 Å². The minimum absolute atomic E-state index is 0.333. The monoisotopic (exact) mass is 313 g/mol. The van der Waals surface area contributed by atoms with E-state index in [4.69, 9.17) is 16.3 Å². The molecule has 1 heterocycles. The zero-order valence-electron chi connectivity index (χ0n) is 8.95. The molecule has 1 aromatic heterocycles. The van der Waals surface area contributed by atoms with Gasteiger partial charge in [-0.15, -0.1) is 0 Å². The van der Waals surface area contributed by atoms with Gasteiger partial charge >= 0.3 is 0 Å². The van der Waals surface area contributed by atoms with Gasteiger partial charge in [0.2, 0.25) is 0 Å². The van der Waals surface area contributed by atoms with Crippen LogP contribution in [0.1, 0.15) is 0 Å². The number of ether oxygens (including phenoxy) is 1. The van der Waals surface area contributed by atoms with Gasteiger partial charge < -0.3 is 10.1 Å². The normalized spacial score (nSPS) is 10.1. The van der Waals surface area contributed by atoms with Crippen molar-refractivity contribution in [2.24, 2.45) is 0 Å². The van der Waals surface area contributed by atoms with Crippen LogP contribution in [0.2, 0.25) is 5.15 Å². The number of nitrogens with one attached hydrogen (secondary N) is 1. The van der Waals surface area contributed by atoms with Crippen molar-refractivity contribution in [1.29, 1.82) is 0 Å². The van der Waals surface area contributed by atoms with Crippen molar-refractivity contribution in [2.45, 2.75) is 0 Å². The van der Waals surface area contributed by atoms with Crippen LogP contribution >= 0.6 is 27.5 Å². The smallest absolute Gasteiger partial charge is 0.171 e. The lowest BCUT2D eigenvalue weighted by molar-refractivity contribution is 0.412. The summed E-state index contributed by atoms with van der Waals surface area (Å²) in [5.41, 5.74) is 0.847. The Morgan fingerprint density at radius 3 is 2.71 bits per heavy atom. The topological polar surface area (TPSA) is 47.0 Å². The van der Waals surface area contributed by atoms with Crippen LogP contribution in [0.15, 0.2) is 35.1 Å². The van der Waals surface area contributed by atoms with Gasteiger partial charge in [-0.1, -0.05) is 11.6 Å². The third kappa shape index (κ3) is 2.87. The van der Waals surface area contributed by atoms with Crippen LogP contribution < -0.4 is 10.1 Å². The Bertz CT molecular complexity index is 536. The van der Waals surface area contributed by atoms with Gasteiger partial charge in [-0.25, -0.2) is 9.97 Å². The summed E-state index contributed by atoms with van der Waals surface area (Å²) in [5.74, 6) is 1.28. The molecule has 0 radical (unpaired) electrons. The van der Waals surface area contributed by atoms with Crippen LogP contribution in [0.25, 0.3) is 0 Å². The number of rotatable bonds is 3. The van der Waals surface area contributed by atoms with Crippen LogP contribution in [0, 0.1) is 0 Å². The summed E-state index contributed by atoms with van der Waals surface area (Å²) in [7, 11) is 1.62. The van der Waals surface area contributed by atoms with Crippen molar-refractivity contribution in [3.8, 4) is 5.75 Å². The number of halogens is 2. The van der Waals surface area contributed by atoms with Gasteiger partial charge in [-0.05, 0) is 34.1 Å². The first-order valence-corrected chi connectivity index (χ1v) is 5.95. The molecular weight excluding hydrogens is 305 g/mol. The molecule has 0 amide bonds. The fourth-order valence-electron chi connectivity index (χ4n) is 1.29. The van der Waals surface area contributed by atoms with Crippen molar-refractivity contribution < 1.29 is 4.74 Å². The van der Waals surface area contributed by atoms with E-state index in [2.05, 4.69) is 31.2 Å². The third-order valence-electron chi connectivity index (χ3n) is 2.07. The highest BCUT2D eigenvalue weighted by molar-refractivity contribution is 9.10. The molecule has 1 N–H and O–H groups in total. The lowest BCUT2D eigenvalue weighted by Crippen LogP contribution is -1.96. The zero-order chi connectivity index (χ0) is 12.3. The molecule has 1 aromatic carbocycles. The first kappa shape index (κ1) is 12.1. The van der Waals surface area contributed by atoms with Crippen molar-refractivity contribution in [2.75, 3.05) is 12.4 Å². The second kappa shape index (κ2) is 5.33. The quantitative estimate of drug-likeness (QED) is 0.939. The van der Waals surface area contributed by atoms with E-state index >= 15 is 0 Å². The lowest BCUT2D eigenvalue weighted by Gasteiger charge is -2.08. The highest BCUT2D eigenvalue weighted by atomic mass is 79.9. The largest absolute Gasteiger partial charge is 0.496 e. The second-order valence-corrected chi connectivity index (χ2v) is 4.38. The van der Waals surface area contributed by atoms with Crippen LogP contribution in [0.3, 0.4) is 0 Å². The molecule has 0 aliphatic carbocycles. The number of nitrogens with zero attached hydrogens (tertiary/aromatic N) is 2. The summed E-state index contributed by atoms with van der Waals surface area (Å²) in [6.07, 6.45) is 3.12. The minimum atomic E-state index is 0.333. The van der Waals surface area contributed by atoms with E-state index in [0.29, 0.717) is 11.0 Å². The van der Waals surface area contributed by atoms with E-state index in [1.165, 1.54) is 6.20 Å². The van der Waals surface area contributed by atoms with Crippen molar-refractivity contribution in [3.63, 3.8) is 0 Å². The molecule has 2 rings (SSSR count). The maximum Gasteiger partial charge on any atom is 0.171 e. The first-order chi connectivity index (χ1) is 8.20. The van der Waals surface area contributed by atoms with Gasteiger partial charge in [0, 0.05) is 18.1 Å². The van der Waals surface area contributed by atoms with Crippen LogP contribution in [0.5, 0.6) is 5.75 Å². The molecule has 4 nitrogen and oxygen atoms in total. The van der Waals surface area contributed by atoms with Crippen LogP contribution in [-0.4, -0.2) is 17.1 Å². The molecule has 0 saturated heterocycles. The molecule has 88 valence electrons. The number of hydrogen-bond donors (Lipinski definition) is 1. The highest BCUT2D eigenvalue weighted by Crippen LogP contribution is 2.29. The third-order valence-corrected chi connectivity index (χ3v) is 2.96.